The zero-order valence-electron chi connectivity index (χ0n) is 20.3. The van der Waals surface area contributed by atoms with Crippen molar-refractivity contribution in [2.24, 2.45) is 5.92 Å². The molecule has 1 aliphatic carbocycles. The van der Waals surface area contributed by atoms with Crippen LogP contribution in [0.15, 0.2) is 42.9 Å². The highest BCUT2D eigenvalue weighted by Gasteiger charge is 2.59. The molecule has 0 spiro atoms. The van der Waals surface area contributed by atoms with Crippen LogP contribution in [0.25, 0.3) is 17.2 Å². The maximum atomic E-state index is 13.5. The molecule has 0 radical (unpaired) electrons. The minimum absolute atomic E-state index is 0.0269. The average Bonchev–Trinajstić information content (AvgIpc) is 3.51. The van der Waals surface area contributed by atoms with Crippen LogP contribution >= 0.6 is 0 Å². The van der Waals surface area contributed by atoms with E-state index in [2.05, 4.69) is 30.0 Å². The third-order valence-corrected chi connectivity index (χ3v) is 6.97. The first kappa shape index (κ1) is 25.8. The number of nitrogens with one attached hydrogen (secondary N) is 1. The van der Waals surface area contributed by atoms with Crippen LogP contribution in [-0.2, 0) is 16.6 Å². The van der Waals surface area contributed by atoms with Crippen molar-refractivity contribution in [3.63, 3.8) is 0 Å². The fourth-order valence-corrected chi connectivity index (χ4v) is 5.26. The molecule has 4 aromatic rings. The number of ether oxygens (including phenoxy) is 1. The maximum Gasteiger partial charge on any atom is 0.573 e. The fraction of sp³-hybridized carbons (Fsp3) is 0.320. The molecular formula is C25H19F6N7O2. The van der Waals surface area contributed by atoms with E-state index in [0.717, 1.165) is 12.1 Å². The first-order valence-electron chi connectivity index (χ1n) is 12.1. The number of nitrogen functional groups attached to an aromatic ring is 1. The van der Waals surface area contributed by atoms with E-state index in [1.54, 1.807) is 6.20 Å². The minimum Gasteiger partial charge on any atom is -0.406 e. The summed E-state index contributed by atoms with van der Waals surface area (Å²) in [6, 6.07) is 5.00. The zero-order valence-corrected chi connectivity index (χ0v) is 20.3. The molecule has 40 heavy (non-hydrogen) atoms. The molecule has 1 unspecified atom stereocenters. The number of imidazole rings is 1. The number of anilines is 2. The smallest absolute Gasteiger partial charge is 0.406 e. The topological polar surface area (TPSA) is 120 Å². The van der Waals surface area contributed by atoms with Gasteiger partial charge in [0.2, 0.25) is 5.91 Å². The summed E-state index contributed by atoms with van der Waals surface area (Å²) in [5.74, 6) is -1.10. The lowest BCUT2D eigenvalue weighted by Crippen LogP contribution is -2.38. The highest BCUT2D eigenvalue weighted by molar-refractivity contribution is 6.10. The molecule has 9 nitrogen and oxygen atoms in total. The van der Waals surface area contributed by atoms with E-state index in [-0.39, 0.29) is 46.0 Å². The molecule has 2 aliphatic rings. The van der Waals surface area contributed by atoms with Crippen molar-refractivity contribution < 1.29 is 35.9 Å². The molecule has 208 valence electrons. The Balaban J connectivity index is 1.42. The van der Waals surface area contributed by atoms with Gasteiger partial charge in [-0.25, -0.2) is 19.9 Å². The van der Waals surface area contributed by atoms with E-state index in [1.165, 1.54) is 28.9 Å². The van der Waals surface area contributed by atoms with Crippen LogP contribution in [0.4, 0.5) is 38.0 Å². The maximum absolute atomic E-state index is 13.5. The molecule has 1 atom stereocenters. The van der Waals surface area contributed by atoms with E-state index >= 15 is 0 Å². The predicted molar refractivity (Wildman–Crippen MR) is 128 cm³/mol. The highest BCUT2D eigenvalue weighted by Crippen LogP contribution is 2.57. The normalized spacial score (nSPS) is 19.1. The molecule has 15 heteroatoms. The largest absolute Gasteiger partial charge is 0.573 e. The Morgan fingerprint density at radius 2 is 1.80 bits per heavy atom. The van der Waals surface area contributed by atoms with Crippen LogP contribution in [0.2, 0.25) is 0 Å². The highest BCUT2D eigenvalue weighted by atomic mass is 19.4. The molecule has 1 fully saturated rings. The second-order valence-corrected chi connectivity index (χ2v) is 9.61. The lowest BCUT2D eigenvalue weighted by Gasteiger charge is -2.28. The van der Waals surface area contributed by atoms with Crippen molar-refractivity contribution in [3.05, 3.63) is 59.7 Å². The van der Waals surface area contributed by atoms with Crippen LogP contribution < -0.4 is 15.8 Å². The lowest BCUT2D eigenvalue weighted by atomic mass is 9.71. The summed E-state index contributed by atoms with van der Waals surface area (Å²) in [6.45, 7) is 0. The van der Waals surface area contributed by atoms with E-state index in [0.29, 0.717) is 18.4 Å². The van der Waals surface area contributed by atoms with E-state index in [1.807, 2.05) is 0 Å². The fourth-order valence-electron chi connectivity index (χ4n) is 5.26. The van der Waals surface area contributed by atoms with E-state index < -0.39 is 42.5 Å². The molecule has 0 bridgehead atoms. The Labute approximate surface area is 221 Å². The van der Waals surface area contributed by atoms with Gasteiger partial charge in [0.1, 0.15) is 28.5 Å². The number of halogens is 6. The standard InChI is InChI=1S/C25H19F6N7O2/c26-23(27,28)8-7-15-21-33-9-10-38(21)11-16(34-15)19-35-18(32)17-20(36-19)37-22(39)24(17,12-1-2-12)13-3-5-14(6-4-13)40-25(29,30)31/h3-6,9-12H,1-2,7-8H2,(H3,32,35,36,37,39). The number of rotatable bonds is 6. The Hall–Kier alpha value is -4.43. The van der Waals surface area contributed by atoms with Gasteiger partial charge in [-0.05, 0) is 36.5 Å². The number of hydrogen-bond donors (Lipinski definition) is 2. The third kappa shape index (κ3) is 4.44. The Morgan fingerprint density at radius 1 is 1.07 bits per heavy atom. The first-order valence-corrected chi connectivity index (χ1v) is 12.1. The monoisotopic (exact) mass is 563 g/mol. The number of nitrogens with two attached hydrogens (primary N) is 1. The average molecular weight is 563 g/mol. The number of aromatic nitrogens is 5. The van der Waals surface area contributed by atoms with Gasteiger partial charge >= 0.3 is 12.5 Å². The van der Waals surface area contributed by atoms with Crippen LogP contribution in [-0.4, -0.2) is 42.8 Å². The van der Waals surface area contributed by atoms with Gasteiger partial charge in [0.05, 0.1) is 11.3 Å². The summed E-state index contributed by atoms with van der Waals surface area (Å²) in [5.41, 5.74) is 6.19. The Kier molecular flexibility index (Phi) is 5.68. The van der Waals surface area contributed by atoms with Gasteiger partial charge < -0.3 is 20.2 Å². The van der Waals surface area contributed by atoms with E-state index in [9.17, 15) is 31.1 Å². The summed E-state index contributed by atoms with van der Waals surface area (Å²) >= 11 is 0. The molecule has 3 aromatic heterocycles. The van der Waals surface area contributed by atoms with Gasteiger partial charge in [0.25, 0.3) is 0 Å². The minimum atomic E-state index is -4.87. The van der Waals surface area contributed by atoms with Crippen molar-refractivity contribution in [1.29, 1.82) is 0 Å². The number of amides is 1. The molecule has 1 aliphatic heterocycles. The lowest BCUT2D eigenvalue weighted by molar-refractivity contribution is -0.274. The second-order valence-electron chi connectivity index (χ2n) is 9.61. The number of carbonyl (C=O) groups excluding carboxylic acids is 1. The van der Waals surface area contributed by atoms with Crippen LogP contribution in [0.5, 0.6) is 5.75 Å². The molecule has 1 aromatic carbocycles. The van der Waals surface area contributed by atoms with E-state index in [4.69, 9.17) is 5.73 Å². The SMILES string of the molecule is Nc1nc(-c2cn3ccnc3c(CCC(F)(F)F)n2)nc2c1C(c1ccc(OC(F)(F)F)cc1)(C1CC1)C(=O)N2. The molecular weight excluding hydrogens is 544 g/mol. The van der Waals surface area contributed by atoms with Crippen molar-refractivity contribution in [2.45, 2.75) is 43.6 Å². The number of nitrogens with zero attached hydrogens (tertiary/aromatic N) is 5. The number of fused-ring (bicyclic) bond motifs is 2. The quantitative estimate of drug-likeness (QED) is 0.323. The predicted octanol–water partition coefficient (Wildman–Crippen LogP) is 4.81. The number of benzene rings is 1. The molecule has 3 N–H and O–H groups in total. The van der Waals surface area contributed by atoms with Crippen molar-refractivity contribution in [2.75, 3.05) is 11.1 Å². The van der Waals surface area contributed by atoms with Gasteiger partial charge in [-0.3, -0.25) is 4.79 Å². The first-order chi connectivity index (χ1) is 18.8. The third-order valence-electron chi connectivity index (χ3n) is 6.97. The van der Waals surface area contributed by atoms with Crippen LogP contribution in [0.1, 0.15) is 36.1 Å². The van der Waals surface area contributed by atoms with Crippen LogP contribution in [0, 0.1) is 5.92 Å². The molecule has 6 rings (SSSR count). The van der Waals surface area contributed by atoms with Crippen molar-refractivity contribution in [1.82, 2.24) is 24.3 Å². The summed E-state index contributed by atoms with van der Waals surface area (Å²) in [6.07, 6.45) is -5.02. The van der Waals surface area contributed by atoms with Crippen molar-refractivity contribution >= 4 is 23.2 Å². The van der Waals surface area contributed by atoms with Gasteiger partial charge in [0.15, 0.2) is 11.5 Å². The molecule has 4 heterocycles. The van der Waals surface area contributed by atoms with Crippen LogP contribution in [0.3, 0.4) is 0 Å². The number of alkyl halides is 6. The van der Waals surface area contributed by atoms with Gasteiger partial charge in [-0.2, -0.15) is 13.2 Å². The van der Waals surface area contributed by atoms with Crippen molar-refractivity contribution in [3.8, 4) is 17.3 Å². The summed E-state index contributed by atoms with van der Waals surface area (Å²) in [5, 5.41) is 2.73. The number of carbonyl (C=O) groups is 1. The van der Waals surface area contributed by atoms with Gasteiger partial charge in [0, 0.05) is 31.4 Å². The molecule has 1 amide bonds. The summed E-state index contributed by atoms with van der Waals surface area (Å²) < 4.78 is 82.2. The number of aryl methyl sites for hydroxylation is 1. The summed E-state index contributed by atoms with van der Waals surface area (Å²) in [4.78, 5) is 30.8. The molecule has 0 saturated heterocycles. The van der Waals surface area contributed by atoms with Gasteiger partial charge in [-0.15, -0.1) is 13.2 Å². The Bertz CT molecular complexity index is 1630. The number of hydrogen-bond acceptors (Lipinski definition) is 7. The second kappa shape index (κ2) is 8.79. The van der Waals surface area contributed by atoms with Gasteiger partial charge in [-0.1, -0.05) is 12.1 Å². The zero-order chi connectivity index (χ0) is 28.4. The molecule has 1 saturated carbocycles. The summed E-state index contributed by atoms with van der Waals surface area (Å²) in [7, 11) is 0. The Morgan fingerprint density at radius 3 is 2.45 bits per heavy atom.